The lowest BCUT2D eigenvalue weighted by atomic mass is 10.1. The molecule has 2 aromatic rings. The van der Waals surface area contributed by atoms with E-state index in [4.69, 9.17) is 4.52 Å². The lowest BCUT2D eigenvalue weighted by molar-refractivity contribution is -0.693. The second kappa shape index (κ2) is 8.08. The highest BCUT2D eigenvalue weighted by atomic mass is 16.5. The van der Waals surface area contributed by atoms with Gasteiger partial charge in [0, 0.05) is 42.1 Å². The quantitative estimate of drug-likeness (QED) is 0.463. The summed E-state index contributed by atoms with van der Waals surface area (Å²) >= 11 is 0. The van der Waals surface area contributed by atoms with E-state index in [1.165, 1.54) is 0 Å². The number of pyridine rings is 1. The molecule has 0 amide bonds. The van der Waals surface area contributed by atoms with Crippen molar-refractivity contribution in [2.75, 3.05) is 6.54 Å². The van der Waals surface area contributed by atoms with Gasteiger partial charge in [-0.1, -0.05) is 17.3 Å². The molecule has 0 aromatic carbocycles. The zero-order valence-corrected chi connectivity index (χ0v) is 13.4. The van der Waals surface area contributed by atoms with Crippen LogP contribution in [0.25, 0.3) is 16.8 Å². The molecule has 0 aliphatic heterocycles. The maximum absolute atomic E-state index is 5.48. The number of rotatable bonds is 6. The Balaban J connectivity index is 2.28. The summed E-state index contributed by atoms with van der Waals surface area (Å²) < 4.78 is 7.59. The molecule has 114 valence electrons. The summed E-state index contributed by atoms with van der Waals surface area (Å²) in [6, 6.07) is 6.04. The van der Waals surface area contributed by atoms with Crippen molar-refractivity contribution in [2.24, 2.45) is 4.99 Å². The van der Waals surface area contributed by atoms with E-state index in [-0.39, 0.29) is 0 Å². The second-order valence-corrected chi connectivity index (χ2v) is 4.76. The van der Waals surface area contributed by atoms with Gasteiger partial charge in [-0.25, -0.2) is 4.57 Å². The number of hydrogen-bond donors (Lipinski definition) is 0. The van der Waals surface area contributed by atoms with Gasteiger partial charge < -0.3 is 4.52 Å². The van der Waals surface area contributed by atoms with Crippen molar-refractivity contribution in [3.63, 3.8) is 0 Å². The van der Waals surface area contributed by atoms with E-state index in [0.717, 1.165) is 35.7 Å². The Morgan fingerprint density at radius 1 is 1.32 bits per heavy atom. The standard InChI is InChI=1S/C18H22N3O/c1-4-7-16(8-11-19-5-2)18-14-17(20-22-18)15-9-12-21(6-3)13-10-15/h4,7-14H,5-6H2,1-3H3/q+1/b7-4-,16-8+,19-11+. The third kappa shape index (κ3) is 4.01. The number of hydrogen-bond acceptors (Lipinski definition) is 3. The van der Waals surface area contributed by atoms with E-state index in [1.807, 2.05) is 62.7 Å². The zero-order valence-electron chi connectivity index (χ0n) is 13.4. The molecule has 4 nitrogen and oxygen atoms in total. The van der Waals surface area contributed by atoms with Crippen molar-refractivity contribution in [2.45, 2.75) is 27.3 Å². The molecule has 0 bridgehead atoms. The molecule has 0 N–H and O–H groups in total. The Morgan fingerprint density at radius 3 is 2.73 bits per heavy atom. The summed E-state index contributed by atoms with van der Waals surface area (Å²) in [4.78, 5) is 4.20. The Bertz CT molecular complexity index is 679. The summed E-state index contributed by atoms with van der Waals surface area (Å²) in [5, 5.41) is 4.17. The molecule has 0 aliphatic rings. The van der Waals surface area contributed by atoms with Crippen LogP contribution in [0.15, 0.2) is 58.3 Å². The lowest BCUT2D eigenvalue weighted by Crippen LogP contribution is -2.30. The average molecular weight is 296 g/mol. The van der Waals surface area contributed by atoms with Gasteiger partial charge in [-0.05, 0) is 26.8 Å². The SMILES string of the molecule is C\C=C/C(=C\C=N\CC)c1cc(-c2cc[n+](CC)cc2)no1. The van der Waals surface area contributed by atoms with Gasteiger partial charge in [0.15, 0.2) is 18.2 Å². The minimum absolute atomic E-state index is 0.739. The molecular weight excluding hydrogens is 274 g/mol. The first-order valence-electron chi connectivity index (χ1n) is 7.57. The minimum atomic E-state index is 0.739. The van der Waals surface area contributed by atoms with Gasteiger partial charge in [-0.3, -0.25) is 4.99 Å². The molecule has 0 spiro atoms. The third-order valence-electron chi connectivity index (χ3n) is 3.24. The van der Waals surface area contributed by atoms with Gasteiger partial charge in [-0.15, -0.1) is 0 Å². The molecule has 0 aliphatic carbocycles. The van der Waals surface area contributed by atoms with Gasteiger partial charge in [0.1, 0.15) is 12.2 Å². The zero-order chi connectivity index (χ0) is 15.8. The number of nitrogens with zero attached hydrogens (tertiary/aromatic N) is 3. The molecule has 0 saturated heterocycles. The van der Waals surface area contributed by atoms with Crippen molar-refractivity contribution >= 4 is 11.8 Å². The smallest absolute Gasteiger partial charge is 0.169 e. The van der Waals surface area contributed by atoms with Crippen LogP contribution in [-0.4, -0.2) is 17.9 Å². The highest BCUT2D eigenvalue weighted by Gasteiger charge is 2.10. The Morgan fingerprint density at radius 2 is 2.09 bits per heavy atom. The van der Waals surface area contributed by atoms with Crippen molar-refractivity contribution in [3.05, 3.63) is 54.6 Å². The van der Waals surface area contributed by atoms with Crippen LogP contribution >= 0.6 is 0 Å². The first-order chi connectivity index (χ1) is 10.8. The van der Waals surface area contributed by atoms with E-state index in [2.05, 4.69) is 21.6 Å². The monoisotopic (exact) mass is 296 g/mol. The fraction of sp³-hybridized carbons (Fsp3) is 0.278. The van der Waals surface area contributed by atoms with E-state index in [1.54, 1.807) is 6.21 Å². The fourth-order valence-electron chi connectivity index (χ4n) is 2.02. The Labute approximate surface area is 131 Å². The van der Waals surface area contributed by atoms with Gasteiger partial charge in [-0.2, -0.15) is 0 Å². The highest BCUT2D eigenvalue weighted by Crippen LogP contribution is 2.23. The summed E-state index contributed by atoms with van der Waals surface area (Å²) in [7, 11) is 0. The van der Waals surface area contributed by atoms with Crippen LogP contribution in [0.5, 0.6) is 0 Å². The Kier molecular flexibility index (Phi) is 5.83. The van der Waals surface area contributed by atoms with Crippen LogP contribution in [-0.2, 0) is 6.54 Å². The maximum atomic E-state index is 5.48. The van der Waals surface area contributed by atoms with Crippen LogP contribution in [0.3, 0.4) is 0 Å². The summed E-state index contributed by atoms with van der Waals surface area (Å²) in [6.07, 6.45) is 11.8. The van der Waals surface area contributed by atoms with E-state index < -0.39 is 0 Å². The molecule has 4 heteroatoms. The third-order valence-corrected chi connectivity index (χ3v) is 3.24. The summed E-state index contributed by atoms with van der Waals surface area (Å²) in [5.41, 5.74) is 2.83. The van der Waals surface area contributed by atoms with E-state index in [0.29, 0.717) is 0 Å². The van der Waals surface area contributed by atoms with Crippen LogP contribution in [0.2, 0.25) is 0 Å². The largest absolute Gasteiger partial charge is 0.356 e. The second-order valence-electron chi connectivity index (χ2n) is 4.76. The maximum Gasteiger partial charge on any atom is 0.169 e. The van der Waals surface area contributed by atoms with Gasteiger partial charge in [0.25, 0.3) is 0 Å². The predicted octanol–water partition coefficient (Wildman–Crippen LogP) is 3.70. The molecule has 0 atom stereocenters. The summed E-state index contributed by atoms with van der Waals surface area (Å²) in [5.74, 6) is 0.739. The van der Waals surface area contributed by atoms with Crippen LogP contribution in [0.4, 0.5) is 0 Å². The van der Waals surface area contributed by atoms with Crippen molar-refractivity contribution in [1.29, 1.82) is 0 Å². The van der Waals surface area contributed by atoms with Crippen LogP contribution in [0.1, 0.15) is 26.5 Å². The number of aryl methyl sites for hydroxylation is 1. The van der Waals surface area contributed by atoms with E-state index >= 15 is 0 Å². The van der Waals surface area contributed by atoms with Gasteiger partial charge in [0.2, 0.25) is 0 Å². The normalized spacial score (nSPS) is 12.6. The molecule has 0 saturated carbocycles. The number of aliphatic imine (C=N–C) groups is 1. The van der Waals surface area contributed by atoms with Crippen molar-refractivity contribution in [3.8, 4) is 11.3 Å². The molecule has 2 heterocycles. The average Bonchev–Trinajstić information content (AvgIpc) is 3.04. The van der Waals surface area contributed by atoms with Crippen molar-refractivity contribution < 1.29 is 9.09 Å². The predicted molar refractivity (Wildman–Crippen MR) is 89.6 cm³/mol. The fourth-order valence-corrected chi connectivity index (χ4v) is 2.02. The van der Waals surface area contributed by atoms with Crippen molar-refractivity contribution in [1.82, 2.24) is 5.16 Å². The van der Waals surface area contributed by atoms with Gasteiger partial charge >= 0.3 is 0 Å². The molecule has 2 rings (SSSR count). The lowest BCUT2D eigenvalue weighted by Gasteiger charge is -1.94. The molecule has 22 heavy (non-hydrogen) atoms. The Hall–Kier alpha value is -2.49. The number of aromatic nitrogens is 2. The van der Waals surface area contributed by atoms with Gasteiger partial charge in [0.05, 0.1) is 0 Å². The number of allylic oxidation sites excluding steroid dienone is 4. The molecular formula is C18H22N3O+. The molecule has 0 fully saturated rings. The summed E-state index contributed by atoms with van der Waals surface area (Å²) in [6.45, 7) is 7.81. The topological polar surface area (TPSA) is 42.3 Å². The minimum Gasteiger partial charge on any atom is -0.356 e. The molecule has 0 radical (unpaired) electrons. The molecule has 2 aromatic heterocycles. The van der Waals surface area contributed by atoms with Crippen LogP contribution < -0.4 is 4.57 Å². The molecule has 0 unspecified atom stereocenters. The first kappa shape index (κ1) is 15.9. The van der Waals surface area contributed by atoms with Crippen LogP contribution in [0, 0.1) is 0 Å². The van der Waals surface area contributed by atoms with E-state index in [9.17, 15) is 0 Å². The first-order valence-corrected chi connectivity index (χ1v) is 7.57. The highest BCUT2D eigenvalue weighted by molar-refractivity contribution is 5.87.